The molecule has 1 amide bonds. The molecule has 0 unspecified atom stereocenters. The Kier molecular flexibility index (Phi) is 8.34. The molecule has 0 fully saturated rings. The number of hydrogen-bond donors (Lipinski definition) is 1. The minimum atomic E-state index is -0.956. The molecule has 2 atom stereocenters. The summed E-state index contributed by atoms with van der Waals surface area (Å²) < 4.78 is 15.6. The summed E-state index contributed by atoms with van der Waals surface area (Å²) in [6.45, 7) is 4.05. The molecule has 2 aromatic carbocycles. The van der Waals surface area contributed by atoms with E-state index in [9.17, 15) is 9.59 Å². The molecule has 0 heterocycles. The number of carbonyl (C=O) groups excluding carboxylic acids is 2. The number of nitrogens with one attached hydrogen (secondary N) is 1. The van der Waals surface area contributed by atoms with Crippen molar-refractivity contribution in [2.24, 2.45) is 0 Å². The molecule has 2 rings (SSSR count). The molecule has 2 aromatic rings. The van der Waals surface area contributed by atoms with Crippen molar-refractivity contribution in [3.8, 4) is 11.5 Å². The molecule has 0 aliphatic heterocycles. The van der Waals surface area contributed by atoms with Gasteiger partial charge in [-0.3, -0.25) is 4.79 Å². The molecule has 156 valence electrons. The highest BCUT2D eigenvalue weighted by Crippen LogP contribution is 2.36. The summed E-state index contributed by atoms with van der Waals surface area (Å²) in [5, 5.41) is 3.07. The second-order valence-corrected chi connectivity index (χ2v) is 6.91. The fraction of sp³-hybridized carbons (Fsp3) is 0.364. The minimum absolute atomic E-state index is 0.169. The minimum Gasteiger partial charge on any atom is -0.493 e. The molecule has 0 saturated heterocycles. The lowest BCUT2D eigenvalue weighted by molar-refractivity contribution is -0.129. The predicted molar refractivity (Wildman–Crippen MR) is 112 cm³/mol. The van der Waals surface area contributed by atoms with Crippen molar-refractivity contribution in [2.45, 2.75) is 32.3 Å². The van der Waals surface area contributed by atoms with E-state index in [1.54, 1.807) is 0 Å². The van der Waals surface area contributed by atoms with Gasteiger partial charge in [0.05, 0.1) is 24.8 Å². The molecule has 29 heavy (non-hydrogen) atoms. The number of amides is 1. The van der Waals surface area contributed by atoms with Crippen LogP contribution in [0.25, 0.3) is 0 Å². The summed E-state index contributed by atoms with van der Waals surface area (Å²) in [5.74, 6) is -0.224. The van der Waals surface area contributed by atoms with Gasteiger partial charge in [0, 0.05) is 12.5 Å². The van der Waals surface area contributed by atoms with Crippen molar-refractivity contribution in [1.82, 2.24) is 5.32 Å². The van der Waals surface area contributed by atoms with E-state index in [2.05, 4.69) is 12.2 Å². The van der Waals surface area contributed by atoms with Gasteiger partial charge >= 0.3 is 5.97 Å². The zero-order chi connectivity index (χ0) is 21.4. The molecule has 0 saturated carbocycles. The second kappa shape index (κ2) is 10.7. The van der Waals surface area contributed by atoms with Crippen molar-refractivity contribution < 1.29 is 23.8 Å². The average Bonchev–Trinajstić information content (AvgIpc) is 2.73. The maximum absolute atomic E-state index is 12.4. The van der Waals surface area contributed by atoms with E-state index in [4.69, 9.17) is 25.8 Å². The van der Waals surface area contributed by atoms with Crippen LogP contribution in [0.15, 0.2) is 42.5 Å². The first-order valence-electron chi connectivity index (χ1n) is 9.36. The van der Waals surface area contributed by atoms with Crippen molar-refractivity contribution in [3.05, 3.63) is 58.6 Å². The lowest BCUT2D eigenvalue weighted by atomic mass is 9.96. The second-order valence-electron chi connectivity index (χ2n) is 6.50. The standard InChI is InChI=1S/C22H26ClNO5/c1-5-15(16-9-7-6-8-10-16)13-24-21(25)14(2)29-22(26)17-11-18(23)20(28-4)19(12-17)27-3/h6-12,14-15H,5,13H2,1-4H3,(H,24,25)/t14-,15-/m0/s1. The van der Waals surface area contributed by atoms with E-state index < -0.39 is 12.1 Å². The molecule has 0 aromatic heterocycles. The third-order valence-corrected chi connectivity index (χ3v) is 4.89. The van der Waals surface area contributed by atoms with Crippen molar-refractivity contribution in [1.29, 1.82) is 0 Å². The largest absolute Gasteiger partial charge is 0.493 e. The Bertz CT molecular complexity index is 841. The summed E-state index contributed by atoms with van der Waals surface area (Å²) in [5.41, 5.74) is 1.32. The number of esters is 1. The van der Waals surface area contributed by atoms with Crippen LogP contribution in [0.3, 0.4) is 0 Å². The third-order valence-electron chi connectivity index (χ3n) is 4.61. The van der Waals surface area contributed by atoms with Crippen LogP contribution in [0.5, 0.6) is 11.5 Å². The van der Waals surface area contributed by atoms with Gasteiger partial charge in [-0.1, -0.05) is 48.9 Å². The monoisotopic (exact) mass is 419 g/mol. The van der Waals surface area contributed by atoms with Crippen molar-refractivity contribution in [2.75, 3.05) is 20.8 Å². The fourth-order valence-electron chi connectivity index (χ4n) is 2.91. The van der Waals surface area contributed by atoms with Crippen molar-refractivity contribution in [3.63, 3.8) is 0 Å². The van der Waals surface area contributed by atoms with Gasteiger partial charge in [0.2, 0.25) is 0 Å². The third kappa shape index (κ3) is 5.87. The van der Waals surface area contributed by atoms with E-state index in [1.807, 2.05) is 30.3 Å². The van der Waals surface area contributed by atoms with Crippen LogP contribution in [0.2, 0.25) is 5.02 Å². The normalized spacial score (nSPS) is 12.6. The van der Waals surface area contributed by atoms with Gasteiger partial charge in [0.25, 0.3) is 5.91 Å². The number of hydrogen-bond acceptors (Lipinski definition) is 5. The summed E-state index contributed by atoms with van der Waals surface area (Å²) in [6.07, 6.45) is -0.0783. The smallest absolute Gasteiger partial charge is 0.339 e. The van der Waals surface area contributed by atoms with E-state index in [1.165, 1.54) is 33.3 Å². The molecule has 7 heteroatoms. The molecular formula is C22H26ClNO5. The van der Waals surface area contributed by atoms with Crippen molar-refractivity contribution >= 4 is 23.5 Å². The van der Waals surface area contributed by atoms with Crippen LogP contribution in [-0.2, 0) is 9.53 Å². The van der Waals surface area contributed by atoms with Crippen LogP contribution in [0.1, 0.15) is 42.1 Å². The molecule has 0 bridgehead atoms. The first-order chi connectivity index (χ1) is 13.9. The summed E-state index contributed by atoms with van der Waals surface area (Å²) >= 11 is 6.12. The molecule has 0 aliphatic carbocycles. The molecule has 0 aliphatic rings. The summed E-state index contributed by atoms with van der Waals surface area (Å²) in [7, 11) is 2.89. The Balaban J connectivity index is 1.98. The van der Waals surface area contributed by atoms with Gasteiger partial charge in [-0.15, -0.1) is 0 Å². The zero-order valence-electron chi connectivity index (χ0n) is 17.0. The van der Waals surface area contributed by atoms with Crippen LogP contribution >= 0.6 is 11.6 Å². The molecule has 0 spiro atoms. The number of rotatable bonds is 9. The van der Waals surface area contributed by atoms with Gasteiger partial charge < -0.3 is 19.5 Å². The maximum Gasteiger partial charge on any atom is 0.339 e. The molecule has 1 N–H and O–H groups in total. The quantitative estimate of drug-likeness (QED) is 0.616. The van der Waals surface area contributed by atoms with Gasteiger partial charge in [-0.2, -0.15) is 0 Å². The van der Waals surface area contributed by atoms with E-state index in [0.717, 1.165) is 12.0 Å². The number of ether oxygens (including phenoxy) is 3. The highest BCUT2D eigenvalue weighted by Gasteiger charge is 2.22. The van der Waals surface area contributed by atoms with E-state index in [0.29, 0.717) is 18.0 Å². The number of methoxy groups -OCH3 is 2. The number of carbonyl (C=O) groups is 2. The zero-order valence-corrected chi connectivity index (χ0v) is 17.8. The van der Waals surface area contributed by atoms with Crippen LogP contribution in [0.4, 0.5) is 0 Å². The summed E-state index contributed by atoms with van der Waals surface area (Å²) in [4.78, 5) is 24.8. The van der Waals surface area contributed by atoms with Gasteiger partial charge in [-0.25, -0.2) is 4.79 Å². The van der Waals surface area contributed by atoms with Crippen LogP contribution in [-0.4, -0.2) is 38.7 Å². The van der Waals surface area contributed by atoms with E-state index >= 15 is 0 Å². The number of benzene rings is 2. The Morgan fingerprint density at radius 1 is 1.10 bits per heavy atom. The average molecular weight is 420 g/mol. The molecule has 0 radical (unpaired) electrons. The predicted octanol–water partition coefficient (Wildman–Crippen LogP) is 4.21. The van der Waals surface area contributed by atoms with Gasteiger partial charge in [0.15, 0.2) is 17.6 Å². The maximum atomic E-state index is 12.4. The van der Waals surface area contributed by atoms with Gasteiger partial charge in [0.1, 0.15) is 0 Å². The van der Waals surface area contributed by atoms with Crippen LogP contribution < -0.4 is 14.8 Å². The SMILES string of the molecule is CC[C@@H](CNC(=O)[C@H](C)OC(=O)c1cc(Cl)c(OC)c(OC)c1)c1ccccc1. The van der Waals surface area contributed by atoms with Crippen LogP contribution in [0, 0.1) is 0 Å². The summed E-state index contributed by atoms with van der Waals surface area (Å²) in [6, 6.07) is 12.8. The topological polar surface area (TPSA) is 73.9 Å². The Labute approximate surface area is 176 Å². The Morgan fingerprint density at radius 3 is 2.38 bits per heavy atom. The Hall–Kier alpha value is -2.73. The highest BCUT2D eigenvalue weighted by atomic mass is 35.5. The lowest BCUT2D eigenvalue weighted by Crippen LogP contribution is -2.38. The lowest BCUT2D eigenvalue weighted by Gasteiger charge is -2.19. The Morgan fingerprint density at radius 2 is 1.79 bits per heavy atom. The van der Waals surface area contributed by atoms with E-state index in [-0.39, 0.29) is 22.4 Å². The van der Waals surface area contributed by atoms with Gasteiger partial charge in [-0.05, 0) is 31.0 Å². The first kappa shape index (κ1) is 22.6. The molecular weight excluding hydrogens is 394 g/mol. The molecule has 6 nitrogen and oxygen atoms in total. The number of halogens is 1. The highest BCUT2D eigenvalue weighted by molar-refractivity contribution is 6.32. The fourth-order valence-corrected chi connectivity index (χ4v) is 3.20. The first-order valence-corrected chi connectivity index (χ1v) is 9.74.